The van der Waals surface area contributed by atoms with E-state index in [2.05, 4.69) is 26.4 Å². The largest absolute Gasteiger partial charge is 0.493 e. The van der Waals surface area contributed by atoms with Crippen LogP contribution in [-0.4, -0.2) is 58.4 Å². The number of aromatic nitrogens is 3. The van der Waals surface area contributed by atoms with E-state index in [1.54, 1.807) is 0 Å². The Balaban J connectivity index is 1.29. The Morgan fingerprint density at radius 3 is 2.85 bits per heavy atom. The van der Waals surface area contributed by atoms with Gasteiger partial charge in [-0.3, -0.25) is 14.4 Å². The second-order valence-electron chi connectivity index (χ2n) is 8.04. The van der Waals surface area contributed by atoms with Crippen LogP contribution in [0.5, 0.6) is 5.75 Å². The molecule has 0 spiro atoms. The summed E-state index contributed by atoms with van der Waals surface area (Å²) in [6.07, 6.45) is 0.547. The summed E-state index contributed by atoms with van der Waals surface area (Å²) in [4.78, 5) is 20.1. The molecule has 176 valence electrons. The highest BCUT2D eigenvalue weighted by Gasteiger charge is 2.26. The molecule has 1 saturated heterocycles. The number of aryl methyl sites for hydroxylation is 3. The smallest absolute Gasteiger partial charge is 0.240 e. The van der Waals surface area contributed by atoms with E-state index in [9.17, 15) is 4.79 Å². The highest BCUT2D eigenvalue weighted by atomic mass is 35.5. The van der Waals surface area contributed by atoms with Gasteiger partial charge in [0.2, 0.25) is 5.91 Å². The third kappa shape index (κ3) is 6.32. The monoisotopic (exact) mass is 489 g/mol. The average Bonchev–Trinajstić information content (AvgIpc) is 3.30. The van der Waals surface area contributed by atoms with Crippen LogP contribution in [0, 0.1) is 13.8 Å². The van der Waals surface area contributed by atoms with Crippen LogP contribution in [0.4, 0.5) is 5.13 Å². The second kappa shape index (κ2) is 10.6. The van der Waals surface area contributed by atoms with E-state index in [1.807, 2.05) is 49.8 Å². The number of halogens is 1. The number of thiazole rings is 1. The van der Waals surface area contributed by atoms with E-state index in [4.69, 9.17) is 21.1 Å². The normalized spacial score (nSPS) is 16.7. The van der Waals surface area contributed by atoms with Crippen molar-refractivity contribution in [2.75, 3.05) is 38.2 Å². The molecular formula is C23H28ClN5O3S. The molecule has 3 heterocycles. The maximum atomic E-state index is 12.5. The van der Waals surface area contributed by atoms with Gasteiger partial charge < -0.3 is 14.8 Å². The fourth-order valence-corrected chi connectivity index (χ4v) is 4.60. The van der Waals surface area contributed by atoms with Gasteiger partial charge in [0.05, 0.1) is 31.1 Å². The number of rotatable bonds is 8. The topological polar surface area (TPSA) is 81.5 Å². The van der Waals surface area contributed by atoms with Crippen LogP contribution >= 0.6 is 22.9 Å². The minimum absolute atomic E-state index is 0.0644. The molecule has 1 aliphatic rings. The van der Waals surface area contributed by atoms with Crippen molar-refractivity contribution in [1.29, 1.82) is 0 Å². The Morgan fingerprint density at radius 2 is 2.12 bits per heavy atom. The molecule has 0 bridgehead atoms. The molecule has 1 fully saturated rings. The highest BCUT2D eigenvalue weighted by Crippen LogP contribution is 2.24. The number of nitrogens with one attached hydrogen (secondary N) is 1. The summed E-state index contributed by atoms with van der Waals surface area (Å²) >= 11 is 7.41. The van der Waals surface area contributed by atoms with Crippen LogP contribution in [-0.2, 0) is 23.0 Å². The second-order valence-corrected chi connectivity index (χ2v) is 9.68. The Kier molecular flexibility index (Phi) is 7.64. The van der Waals surface area contributed by atoms with Crippen molar-refractivity contribution in [2.24, 2.45) is 7.05 Å². The predicted octanol–water partition coefficient (Wildman–Crippen LogP) is 3.78. The predicted molar refractivity (Wildman–Crippen MR) is 129 cm³/mol. The number of ether oxygens (including phenoxy) is 2. The van der Waals surface area contributed by atoms with Crippen molar-refractivity contribution in [1.82, 2.24) is 19.7 Å². The molecule has 0 radical (unpaired) electrons. The van der Waals surface area contributed by atoms with Crippen molar-refractivity contribution < 1.29 is 14.3 Å². The van der Waals surface area contributed by atoms with Gasteiger partial charge in [-0.1, -0.05) is 11.6 Å². The van der Waals surface area contributed by atoms with Crippen LogP contribution in [0.3, 0.4) is 0 Å². The molecule has 0 aliphatic carbocycles. The molecule has 1 aromatic carbocycles. The fourth-order valence-electron chi connectivity index (χ4n) is 3.64. The van der Waals surface area contributed by atoms with Gasteiger partial charge in [0.25, 0.3) is 0 Å². The Morgan fingerprint density at radius 1 is 1.33 bits per heavy atom. The summed E-state index contributed by atoms with van der Waals surface area (Å²) in [5, 5.41) is 8.89. The number of morpholine rings is 1. The first-order chi connectivity index (χ1) is 15.9. The highest BCUT2D eigenvalue weighted by molar-refractivity contribution is 7.15. The molecule has 3 aromatic rings. The average molecular weight is 490 g/mol. The van der Waals surface area contributed by atoms with E-state index in [0.29, 0.717) is 43.0 Å². The fraction of sp³-hybridized carbons (Fsp3) is 0.435. The molecule has 0 unspecified atom stereocenters. The summed E-state index contributed by atoms with van der Waals surface area (Å²) in [5.74, 6) is 0.722. The quantitative estimate of drug-likeness (QED) is 0.518. The summed E-state index contributed by atoms with van der Waals surface area (Å²) in [5.41, 5.74) is 2.88. The summed E-state index contributed by atoms with van der Waals surface area (Å²) in [6.45, 7) is 6.65. The van der Waals surface area contributed by atoms with Crippen molar-refractivity contribution in [3.05, 3.63) is 57.3 Å². The van der Waals surface area contributed by atoms with Gasteiger partial charge in [-0.15, -0.1) is 11.3 Å². The zero-order valence-corrected chi connectivity index (χ0v) is 20.6. The van der Waals surface area contributed by atoms with Crippen LogP contribution in [0.2, 0.25) is 5.02 Å². The van der Waals surface area contributed by atoms with Gasteiger partial charge >= 0.3 is 0 Å². The maximum absolute atomic E-state index is 12.5. The van der Waals surface area contributed by atoms with Crippen LogP contribution in [0.1, 0.15) is 28.1 Å². The molecule has 8 nitrogen and oxygen atoms in total. The molecule has 1 amide bonds. The lowest BCUT2D eigenvalue weighted by atomic mass is 10.2. The third-order valence-electron chi connectivity index (χ3n) is 5.56. The number of nitrogens with zero attached hydrogens (tertiary/aromatic N) is 4. The lowest BCUT2D eigenvalue weighted by Gasteiger charge is -2.31. The minimum Gasteiger partial charge on any atom is -0.493 e. The molecule has 1 aliphatic heterocycles. The number of hydrogen-bond donors (Lipinski definition) is 1. The molecule has 33 heavy (non-hydrogen) atoms. The maximum Gasteiger partial charge on any atom is 0.240 e. The Hall–Kier alpha value is -2.46. The van der Waals surface area contributed by atoms with Gasteiger partial charge in [-0.05, 0) is 44.2 Å². The first-order valence-corrected chi connectivity index (χ1v) is 12.1. The van der Waals surface area contributed by atoms with E-state index >= 15 is 0 Å². The van der Waals surface area contributed by atoms with Crippen molar-refractivity contribution in [2.45, 2.75) is 26.4 Å². The number of amides is 1. The molecule has 0 saturated carbocycles. The number of carbonyl (C=O) groups excluding carboxylic acids is 1. The van der Waals surface area contributed by atoms with Crippen molar-refractivity contribution in [3.8, 4) is 5.75 Å². The molecular weight excluding hydrogens is 462 g/mol. The van der Waals surface area contributed by atoms with Crippen molar-refractivity contribution >= 4 is 34.0 Å². The molecule has 10 heteroatoms. The molecule has 2 aromatic heterocycles. The van der Waals surface area contributed by atoms with Crippen LogP contribution in [0.15, 0.2) is 30.3 Å². The third-order valence-corrected chi connectivity index (χ3v) is 6.80. The van der Waals surface area contributed by atoms with Crippen LogP contribution < -0.4 is 10.1 Å². The molecule has 4 rings (SSSR count). The lowest BCUT2D eigenvalue weighted by Crippen LogP contribution is -2.42. The first-order valence-electron chi connectivity index (χ1n) is 10.9. The van der Waals surface area contributed by atoms with Crippen LogP contribution in [0.25, 0.3) is 0 Å². The number of carbonyl (C=O) groups is 1. The number of anilines is 1. The zero-order chi connectivity index (χ0) is 23.4. The standard InChI is InChI=1S/C23H28ClN5O3S/c1-15-16(2)33-23(25-15)26-22(30)14-29-9-11-32-21(13-29)20-12-18(28(3)27-20)8-10-31-19-6-4-17(24)5-7-19/h4-7,12,21H,8-11,13-14H2,1-3H3,(H,25,26,30)/t21-/m1/s1. The van der Waals surface area contributed by atoms with Gasteiger partial charge in [0.15, 0.2) is 5.13 Å². The summed E-state index contributed by atoms with van der Waals surface area (Å²) < 4.78 is 13.6. The van der Waals surface area contributed by atoms with E-state index < -0.39 is 0 Å². The SMILES string of the molecule is Cc1nc(NC(=O)CN2CCO[C@@H](c3cc(CCOc4ccc(Cl)cc4)n(C)n3)C2)sc1C. The lowest BCUT2D eigenvalue weighted by molar-refractivity contribution is -0.119. The van der Waals surface area contributed by atoms with Gasteiger partial charge in [0, 0.05) is 42.2 Å². The number of benzene rings is 1. The number of hydrogen-bond acceptors (Lipinski definition) is 7. The summed E-state index contributed by atoms with van der Waals surface area (Å²) in [6, 6.07) is 9.39. The molecule has 1 N–H and O–H groups in total. The summed E-state index contributed by atoms with van der Waals surface area (Å²) in [7, 11) is 1.92. The first kappa shape index (κ1) is 23.7. The van der Waals surface area contributed by atoms with E-state index in [1.165, 1.54) is 11.3 Å². The van der Waals surface area contributed by atoms with Crippen molar-refractivity contribution in [3.63, 3.8) is 0 Å². The minimum atomic E-state index is -0.173. The van der Waals surface area contributed by atoms with Gasteiger partial charge in [-0.25, -0.2) is 4.98 Å². The Bertz CT molecular complexity index is 1080. The van der Waals surface area contributed by atoms with E-state index in [0.717, 1.165) is 34.1 Å². The van der Waals surface area contributed by atoms with Gasteiger partial charge in [0.1, 0.15) is 11.9 Å². The molecule has 1 atom stereocenters. The van der Waals surface area contributed by atoms with Gasteiger partial charge in [-0.2, -0.15) is 5.10 Å². The Labute approximate surface area is 202 Å². The van der Waals surface area contributed by atoms with E-state index in [-0.39, 0.29) is 12.0 Å². The zero-order valence-electron chi connectivity index (χ0n) is 19.0.